The molecule has 2 aromatic heterocycles. The van der Waals surface area contributed by atoms with Crippen LogP contribution >= 0.6 is 22.7 Å². The van der Waals surface area contributed by atoms with Crippen LogP contribution in [0.15, 0.2) is 47.2 Å². The van der Waals surface area contributed by atoms with Crippen molar-refractivity contribution in [2.24, 2.45) is 0 Å². The Morgan fingerprint density at radius 3 is 1.23 bits per heavy atom. The summed E-state index contributed by atoms with van der Waals surface area (Å²) in [5.41, 5.74) is 3.17. The molecule has 0 saturated heterocycles. The summed E-state index contributed by atoms with van der Waals surface area (Å²) in [5, 5.41) is 20.1. The second-order valence-corrected chi connectivity index (χ2v) is 13.9. The van der Waals surface area contributed by atoms with Gasteiger partial charge >= 0.3 is 0 Å². The van der Waals surface area contributed by atoms with Crippen LogP contribution in [-0.4, -0.2) is 0 Å². The number of aryl methyl sites for hydroxylation is 2. The van der Waals surface area contributed by atoms with Gasteiger partial charge in [-0.15, -0.1) is 22.7 Å². The first-order valence-electron chi connectivity index (χ1n) is 16.1. The van der Waals surface area contributed by atoms with Gasteiger partial charge in [0, 0.05) is 30.9 Å². The number of thiophene rings is 2. The molecule has 0 spiro atoms. The normalized spacial score (nSPS) is 12.7. The number of hydrogen-bond donors (Lipinski definition) is 0. The summed E-state index contributed by atoms with van der Waals surface area (Å²) in [5.74, 6) is 0. The zero-order chi connectivity index (χ0) is 27.1. The highest BCUT2D eigenvalue weighted by Crippen LogP contribution is 2.53. The fraction of sp³-hybridized carbons (Fsp3) is 0.421. The van der Waals surface area contributed by atoms with Gasteiger partial charge in [-0.1, -0.05) is 114 Å². The van der Waals surface area contributed by atoms with Gasteiger partial charge in [-0.2, -0.15) is 0 Å². The number of rotatable bonds is 14. The molecule has 0 aliphatic rings. The molecule has 0 nitrogen and oxygen atoms in total. The molecule has 5 aromatic carbocycles. The minimum atomic E-state index is 1.22. The van der Waals surface area contributed by atoms with Crippen LogP contribution in [0.4, 0.5) is 0 Å². The highest BCUT2D eigenvalue weighted by atomic mass is 32.1. The second-order valence-electron chi connectivity index (χ2n) is 12.2. The van der Waals surface area contributed by atoms with Gasteiger partial charge in [-0.05, 0) is 79.9 Å². The predicted octanol–water partition coefficient (Wildman–Crippen LogP) is 13.4. The van der Waals surface area contributed by atoms with Crippen LogP contribution in [0, 0.1) is 0 Å². The standard InChI is InChI=1S/C38H42S2/c1-3-5-7-9-11-13-17-25-23-39-37-31(25)27-19-15-21-29-33(27)35(37)30-22-16-20-28-32-26(18-14-12-10-8-6-4-2)24-40-38(32)36(29)34(28)30/h15-16,19-24H,3-14,17-18H2,1-2H3. The Hall–Kier alpha value is -2.42. The zero-order valence-corrected chi connectivity index (χ0v) is 26.0. The van der Waals surface area contributed by atoms with Crippen molar-refractivity contribution < 1.29 is 0 Å². The van der Waals surface area contributed by atoms with E-state index in [0.717, 1.165) is 0 Å². The van der Waals surface area contributed by atoms with E-state index in [0.29, 0.717) is 0 Å². The number of hydrogen-bond acceptors (Lipinski definition) is 2. The molecule has 0 fully saturated rings. The fourth-order valence-electron chi connectivity index (χ4n) is 7.52. The second kappa shape index (κ2) is 11.5. The third-order valence-corrected chi connectivity index (χ3v) is 11.6. The Balaban J connectivity index is 1.33. The largest absolute Gasteiger partial charge is 0.143 e. The van der Waals surface area contributed by atoms with Crippen LogP contribution in [-0.2, 0) is 12.8 Å². The van der Waals surface area contributed by atoms with E-state index in [1.165, 1.54) is 142 Å². The van der Waals surface area contributed by atoms with E-state index in [1.54, 1.807) is 21.9 Å². The van der Waals surface area contributed by atoms with E-state index in [-0.39, 0.29) is 0 Å². The van der Waals surface area contributed by atoms with Crippen molar-refractivity contribution in [2.75, 3.05) is 0 Å². The topological polar surface area (TPSA) is 0 Å². The van der Waals surface area contributed by atoms with E-state index in [2.05, 4.69) is 61.0 Å². The SMILES string of the molecule is CCCCCCCCc1csc2c1c1cccc3c1c2c1cccc2c4c(CCCCCCCC)csc4c3c21. The number of unbranched alkanes of at least 4 members (excludes halogenated alkanes) is 10. The van der Waals surface area contributed by atoms with Gasteiger partial charge in [0.1, 0.15) is 0 Å². The van der Waals surface area contributed by atoms with E-state index in [1.807, 2.05) is 22.7 Å². The Morgan fingerprint density at radius 2 is 0.800 bits per heavy atom. The third-order valence-electron chi connectivity index (χ3n) is 9.49. The fourth-order valence-corrected chi connectivity index (χ4v) is 9.89. The molecule has 0 aliphatic carbocycles. The maximum absolute atomic E-state index is 2.48. The van der Waals surface area contributed by atoms with Crippen LogP contribution < -0.4 is 0 Å². The smallest absolute Gasteiger partial charge is 0.0436 e. The highest BCUT2D eigenvalue weighted by molar-refractivity contribution is 7.19. The highest BCUT2D eigenvalue weighted by Gasteiger charge is 2.24. The summed E-state index contributed by atoms with van der Waals surface area (Å²) >= 11 is 4.00. The molecule has 40 heavy (non-hydrogen) atoms. The lowest BCUT2D eigenvalue weighted by molar-refractivity contribution is 0.608. The van der Waals surface area contributed by atoms with Gasteiger partial charge in [0.15, 0.2) is 0 Å². The first kappa shape index (κ1) is 26.5. The molecule has 0 atom stereocenters. The quantitative estimate of drug-likeness (QED) is 0.0913. The maximum Gasteiger partial charge on any atom is 0.0436 e. The van der Waals surface area contributed by atoms with Gasteiger partial charge < -0.3 is 0 Å². The van der Waals surface area contributed by atoms with Gasteiger partial charge in [0.25, 0.3) is 0 Å². The molecule has 2 heteroatoms. The van der Waals surface area contributed by atoms with Crippen molar-refractivity contribution in [1.82, 2.24) is 0 Å². The van der Waals surface area contributed by atoms with Crippen molar-refractivity contribution in [3.8, 4) is 0 Å². The van der Waals surface area contributed by atoms with Crippen molar-refractivity contribution in [3.05, 3.63) is 58.3 Å². The molecule has 7 aromatic rings. The van der Waals surface area contributed by atoms with Crippen LogP contribution in [0.3, 0.4) is 0 Å². The molecule has 0 radical (unpaired) electrons. The van der Waals surface area contributed by atoms with Gasteiger partial charge in [-0.3, -0.25) is 0 Å². The van der Waals surface area contributed by atoms with Crippen molar-refractivity contribution in [3.63, 3.8) is 0 Å². The molecule has 0 aliphatic heterocycles. The lowest BCUT2D eigenvalue weighted by Gasteiger charge is -2.07. The zero-order valence-electron chi connectivity index (χ0n) is 24.3. The van der Waals surface area contributed by atoms with Crippen molar-refractivity contribution in [2.45, 2.75) is 104 Å². The number of benzene rings is 3. The first-order valence-corrected chi connectivity index (χ1v) is 17.8. The van der Waals surface area contributed by atoms with Gasteiger partial charge in [0.05, 0.1) is 0 Å². The average molecular weight is 563 g/mol. The van der Waals surface area contributed by atoms with Crippen molar-refractivity contribution >= 4 is 85.9 Å². The molecule has 0 unspecified atom stereocenters. The Kier molecular flexibility index (Phi) is 7.58. The van der Waals surface area contributed by atoms with E-state index in [4.69, 9.17) is 0 Å². The van der Waals surface area contributed by atoms with Crippen LogP contribution in [0.1, 0.15) is 102 Å². The molecule has 0 saturated carbocycles. The molecule has 0 bridgehead atoms. The molecule has 2 heterocycles. The minimum absolute atomic E-state index is 1.22. The van der Waals surface area contributed by atoms with E-state index < -0.39 is 0 Å². The predicted molar refractivity (Wildman–Crippen MR) is 184 cm³/mol. The minimum Gasteiger partial charge on any atom is -0.143 e. The van der Waals surface area contributed by atoms with Crippen LogP contribution in [0.25, 0.3) is 63.3 Å². The monoisotopic (exact) mass is 562 g/mol. The van der Waals surface area contributed by atoms with Crippen LogP contribution in [0.2, 0.25) is 0 Å². The summed E-state index contributed by atoms with van der Waals surface area (Å²) in [6.07, 6.45) is 18.8. The summed E-state index contributed by atoms with van der Waals surface area (Å²) in [6.45, 7) is 4.61. The molecule has 206 valence electrons. The summed E-state index contributed by atoms with van der Waals surface area (Å²) in [6, 6.07) is 14.3. The molecular formula is C38H42S2. The Labute approximate surface area is 247 Å². The maximum atomic E-state index is 2.48. The lowest BCUT2D eigenvalue weighted by atomic mass is 9.96. The lowest BCUT2D eigenvalue weighted by Crippen LogP contribution is -1.85. The van der Waals surface area contributed by atoms with E-state index in [9.17, 15) is 0 Å². The van der Waals surface area contributed by atoms with E-state index >= 15 is 0 Å². The van der Waals surface area contributed by atoms with Crippen molar-refractivity contribution in [1.29, 1.82) is 0 Å². The Bertz CT molecular complexity index is 1740. The first-order chi connectivity index (χ1) is 19.8. The van der Waals surface area contributed by atoms with Gasteiger partial charge in [-0.25, -0.2) is 0 Å². The summed E-state index contributed by atoms with van der Waals surface area (Å²) < 4.78 is 3.05. The molecule has 7 rings (SSSR count). The Morgan fingerprint density at radius 1 is 0.425 bits per heavy atom. The molecule has 0 amide bonds. The summed E-state index contributed by atoms with van der Waals surface area (Å²) in [4.78, 5) is 0. The molecule has 0 N–H and O–H groups in total. The number of fused-ring (bicyclic) bond motifs is 8. The molecular weight excluding hydrogens is 521 g/mol. The summed E-state index contributed by atoms with van der Waals surface area (Å²) in [7, 11) is 0. The van der Waals surface area contributed by atoms with Crippen LogP contribution in [0.5, 0.6) is 0 Å². The van der Waals surface area contributed by atoms with Gasteiger partial charge in [0.2, 0.25) is 0 Å². The average Bonchev–Trinajstić information content (AvgIpc) is 3.73. The third kappa shape index (κ3) is 4.29.